The van der Waals surface area contributed by atoms with Crippen molar-refractivity contribution in [2.75, 3.05) is 5.32 Å². The lowest BCUT2D eigenvalue weighted by molar-refractivity contribution is -0.385. The van der Waals surface area contributed by atoms with Crippen LogP contribution in [0, 0.1) is 17.0 Å². The Balaban J connectivity index is 2.12. The molecule has 0 radical (unpaired) electrons. The summed E-state index contributed by atoms with van der Waals surface area (Å²) in [7, 11) is 0. The van der Waals surface area contributed by atoms with E-state index >= 15 is 0 Å². The van der Waals surface area contributed by atoms with E-state index < -0.39 is 0 Å². The molecule has 0 aliphatic heterocycles. The van der Waals surface area contributed by atoms with Crippen LogP contribution in [0.25, 0.3) is 0 Å². The van der Waals surface area contributed by atoms with Crippen LogP contribution in [0.3, 0.4) is 0 Å². The van der Waals surface area contributed by atoms with Gasteiger partial charge < -0.3 is 5.32 Å². The number of anilines is 1. The number of nitro groups is 1. The fraction of sp³-hybridized carbons (Fsp3) is 0.143. The molecule has 0 heterocycles. The monoisotopic (exact) mass is 320 g/mol. The van der Waals surface area contributed by atoms with Gasteiger partial charge in [0.2, 0.25) is 0 Å². The molecule has 0 unspecified atom stereocenters. The molecule has 0 aliphatic rings. The van der Waals surface area contributed by atoms with Crippen molar-refractivity contribution in [3.05, 3.63) is 68.2 Å². The van der Waals surface area contributed by atoms with Crippen molar-refractivity contribution >= 4 is 27.3 Å². The third-order valence-corrected chi connectivity index (χ3v) is 3.28. The van der Waals surface area contributed by atoms with Crippen LogP contribution in [0.4, 0.5) is 11.4 Å². The predicted molar refractivity (Wildman–Crippen MR) is 79.3 cm³/mol. The van der Waals surface area contributed by atoms with E-state index in [9.17, 15) is 10.1 Å². The molecule has 0 aromatic heterocycles. The highest BCUT2D eigenvalue weighted by Crippen LogP contribution is 2.23. The molecule has 0 bridgehead atoms. The largest absolute Gasteiger partial charge is 0.381 e. The fourth-order valence-electron chi connectivity index (χ4n) is 1.77. The first-order valence-electron chi connectivity index (χ1n) is 5.79. The zero-order valence-corrected chi connectivity index (χ0v) is 12.0. The van der Waals surface area contributed by atoms with E-state index in [2.05, 4.69) is 21.2 Å². The molecule has 2 aromatic rings. The molecule has 1 N–H and O–H groups in total. The Morgan fingerprint density at radius 1 is 1.26 bits per heavy atom. The number of nitro benzene ring substituents is 1. The molecule has 0 fully saturated rings. The Morgan fingerprint density at radius 3 is 2.74 bits per heavy atom. The summed E-state index contributed by atoms with van der Waals surface area (Å²) in [6.07, 6.45) is 0. The molecule has 0 spiro atoms. The smallest absolute Gasteiger partial charge is 0.274 e. The van der Waals surface area contributed by atoms with Gasteiger partial charge in [0.1, 0.15) is 0 Å². The minimum Gasteiger partial charge on any atom is -0.381 e. The maximum atomic E-state index is 10.9. The van der Waals surface area contributed by atoms with Gasteiger partial charge in [0.05, 0.1) is 4.92 Å². The first-order chi connectivity index (χ1) is 9.06. The van der Waals surface area contributed by atoms with Crippen LogP contribution in [0.15, 0.2) is 46.9 Å². The Labute approximate surface area is 119 Å². The highest BCUT2D eigenvalue weighted by Gasteiger charge is 2.10. The Kier molecular flexibility index (Phi) is 4.16. The minimum absolute atomic E-state index is 0.138. The summed E-state index contributed by atoms with van der Waals surface area (Å²) < 4.78 is 1.02. The van der Waals surface area contributed by atoms with Crippen molar-refractivity contribution in [2.45, 2.75) is 13.5 Å². The fourth-order valence-corrected chi connectivity index (χ4v) is 2.21. The molecule has 0 atom stereocenters. The second kappa shape index (κ2) is 5.84. The van der Waals surface area contributed by atoms with Crippen molar-refractivity contribution < 1.29 is 4.92 Å². The van der Waals surface area contributed by atoms with E-state index in [0.717, 1.165) is 15.7 Å². The van der Waals surface area contributed by atoms with Crippen LogP contribution >= 0.6 is 15.9 Å². The van der Waals surface area contributed by atoms with E-state index in [1.54, 1.807) is 19.1 Å². The standard InChI is InChI=1S/C14H13BrN2O2/c1-10-5-6-13(8-14(10)17(18)19)16-9-11-3-2-4-12(15)7-11/h2-8,16H,9H2,1H3. The highest BCUT2D eigenvalue weighted by molar-refractivity contribution is 9.10. The van der Waals surface area contributed by atoms with E-state index in [1.165, 1.54) is 0 Å². The number of halogens is 1. The number of hydrogen-bond donors (Lipinski definition) is 1. The van der Waals surface area contributed by atoms with Crippen LogP contribution < -0.4 is 5.32 Å². The van der Waals surface area contributed by atoms with Crippen LogP contribution in [0.5, 0.6) is 0 Å². The summed E-state index contributed by atoms with van der Waals surface area (Å²) in [5.41, 5.74) is 2.66. The minimum atomic E-state index is -0.361. The number of hydrogen-bond acceptors (Lipinski definition) is 3. The SMILES string of the molecule is Cc1ccc(NCc2cccc(Br)c2)cc1[N+](=O)[O-]. The van der Waals surface area contributed by atoms with Gasteiger partial charge in [0, 0.05) is 28.3 Å². The summed E-state index contributed by atoms with van der Waals surface area (Å²) >= 11 is 3.41. The second-order valence-corrected chi connectivity index (χ2v) is 5.16. The summed E-state index contributed by atoms with van der Waals surface area (Å²) in [6.45, 7) is 2.36. The van der Waals surface area contributed by atoms with Crippen molar-refractivity contribution in [3.63, 3.8) is 0 Å². The first-order valence-corrected chi connectivity index (χ1v) is 6.59. The Morgan fingerprint density at radius 2 is 2.05 bits per heavy atom. The Hall–Kier alpha value is -1.88. The number of aryl methyl sites for hydroxylation is 1. The molecule has 19 heavy (non-hydrogen) atoms. The van der Waals surface area contributed by atoms with Gasteiger partial charge in [-0.2, -0.15) is 0 Å². The molecule has 2 rings (SSSR count). The van der Waals surface area contributed by atoms with E-state index in [0.29, 0.717) is 12.1 Å². The molecule has 2 aromatic carbocycles. The van der Waals surface area contributed by atoms with Crippen molar-refractivity contribution in [1.29, 1.82) is 0 Å². The Bertz CT molecular complexity index is 614. The van der Waals surface area contributed by atoms with Crippen LogP contribution in [0.2, 0.25) is 0 Å². The normalized spacial score (nSPS) is 10.2. The average molecular weight is 321 g/mol. The summed E-state index contributed by atoms with van der Waals surface area (Å²) in [5, 5.41) is 14.0. The van der Waals surface area contributed by atoms with Gasteiger partial charge in [-0.1, -0.05) is 34.1 Å². The molecule has 98 valence electrons. The highest BCUT2D eigenvalue weighted by atomic mass is 79.9. The van der Waals surface area contributed by atoms with Crippen LogP contribution in [-0.4, -0.2) is 4.92 Å². The van der Waals surface area contributed by atoms with Gasteiger partial charge in [-0.25, -0.2) is 0 Å². The summed E-state index contributed by atoms with van der Waals surface area (Å²) in [5.74, 6) is 0. The molecular weight excluding hydrogens is 308 g/mol. The molecule has 0 aliphatic carbocycles. The van der Waals surface area contributed by atoms with Crippen molar-refractivity contribution in [2.24, 2.45) is 0 Å². The van der Waals surface area contributed by atoms with Crippen molar-refractivity contribution in [3.8, 4) is 0 Å². The zero-order chi connectivity index (χ0) is 13.8. The van der Waals surface area contributed by atoms with Crippen molar-refractivity contribution in [1.82, 2.24) is 0 Å². The second-order valence-electron chi connectivity index (χ2n) is 4.24. The lowest BCUT2D eigenvalue weighted by atomic mass is 10.1. The molecule has 0 saturated heterocycles. The molecule has 5 heteroatoms. The third kappa shape index (κ3) is 3.54. The molecular formula is C14H13BrN2O2. The number of nitrogens with one attached hydrogen (secondary N) is 1. The van der Waals surface area contributed by atoms with Gasteiger partial charge in [-0.05, 0) is 30.7 Å². The number of nitrogens with zero attached hydrogens (tertiary/aromatic N) is 1. The number of rotatable bonds is 4. The lowest BCUT2D eigenvalue weighted by Crippen LogP contribution is -2.00. The maximum absolute atomic E-state index is 10.9. The van der Waals surface area contributed by atoms with E-state index in [-0.39, 0.29) is 10.6 Å². The molecule has 4 nitrogen and oxygen atoms in total. The summed E-state index contributed by atoms with van der Waals surface area (Å²) in [4.78, 5) is 10.5. The molecule has 0 amide bonds. The lowest BCUT2D eigenvalue weighted by Gasteiger charge is -2.07. The van der Waals surface area contributed by atoms with Gasteiger partial charge >= 0.3 is 0 Å². The van der Waals surface area contributed by atoms with E-state index in [4.69, 9.17) is 0 Å². The summed E-state index contributed by atoms with van der Waals surface area (Å²) in [6, 6.07) is 13.1. The first kappa shape index (κ1) is 13.5. The third-order valence-electron chi connectivity index (χ3n) is 2.79. The predicted octanol–water partition coefficient (Wildman–Crippen LogP) is 4.28. The quantitative estimate of drug-likeness (QED) is 0.675. The van der Waals surface area contributed by atoms with E-state index in [1.807, 2.05) is 30.3 Å². The molecule has 0 saturated carbocycles. The van der Waals surface area contributed by atoms with Gasteiger partial charge in [0.25, 0.3) is 5.69 Å². The topological polar surface area (TPSA) is 55.2 Å². The zero-order valence-electron chi connectivity index (χ0n) is 10.4. The number of benzene rings is 2. The average Bonchev–Trinajstić information content (AvgIpc) is 2.37. The maximum Gasteiger partial charge on any atom is 0.274 e. The van der Waals surface area contributed by atoms with Gasteiger partial charge in [-0.15, -0.1) is 0 Å². The van der Waals surface area contributed by atoms with Gasteiger partial charge in [-0.3, -0.25) is 10.1 Å². The van der Waals surface area contributed by atoms with Crippen LogP contribution in [0.1, 0.15) is 11.1 Å². The van der Waals surface area contributed by atoms with Gasteiger partial charge in [0.15, 0.2) is 0 Å². The van der Waals surface area contributed by atoms with Crippen LogP contribution in [-0.2, 0) is 6.54 Å².